The number of rotatable bonds is 2. The van der Waals surface area contributed by atoms with Crippen molar-refractivity contribution in [1.29, 1.82) is 0 Å². The van der Waals surface area contributed by atoms with Crippen LogP contribution in [0, 0.1) is 11.8 Å². The second-order valence-electron chi connectivity index (χ2n) is 1.73. The Hall–Kier alpha value is -0.700. The maximum atomic E-state index is 3.76. The van der Waals surface area contributed by atoms with Gasteiger partial charge in [0.15, 0.2) is 0 Å². The van der Waals surface area contributed by atoms with Gasteiger partial charge in [0, 0.05) is 0 Å². The molecule has 0 atom stereocenters. The van der Waals surface area contributed by atoms with E-state index in [0.717, 1.165) is 18.4 Å². The standard InChI is InChI=1S/C8H12/c1-4-6-8(3)7-5-2/h3-4,6H2,1-2H3. The quantitative estimate of drug-likeness (QED) is 0.476. The Bertz CT molecular complexity index is 121. The molecule has 0 heterocycles. The molecule has 0 aromatic carbocycles. The molecule has 0 unspecified atom stereocenters. The van der Waals surface area contributed by atoms with Gasteiger partial charge in [0.1, 0.15) is 0 Å². The largest absolute Gasteiger partial charge is 0.102 e. The van der Waals surface area contributed by atoms with Crippen LogP contribution in [0.1, 0.15) is 26.7 Å². The van der Waals surface area contributed by atoms with E-state index in [9.17, 15) is 0 Å². The molecule has 8 heavy (non-hydrogen) atoms. The molecule has 0 radical (unpaired) electrons. The van der Waals surface area contributed by atoms with Crippen LogP contribution in [0.4, 0.5) is 0 Å². The van der Waals surface area contributed by atoms with Crippen LogP contribution in [0.25, 0.3) is 0 Å². The summed E-state index contributed by atoms with van der Waals surface area (Å²) in [5.74, 6) is 5.70. The van der Waals surface area contributed by atoms with Gasteiger partial charge in [0.25, 0.3) is 0 Å². The smallest absolute Gasteiger partial charge is 0.00234 e. The third-order valence-corrected chi connectivity index (χ3v) is 0.854. The molecule has 0 heteroatoms. The van der Waals surface area contributed by atoms with E-state index in [-0.39, 0.29) is 0 Å². The van der Waals surface area contributed by atoms with E-state index in [0.29, 0.717) is 0 Å². The molecule has 0 saturated carbocycles. The van der Waals surface area contributed by atoms with Gasteiger partial charge in [-0.15, -0.1) is 5.92 Å². The monoisotopic (exact) mass is 108 g/mol. The van der Waals surface area contributed by atoms with Gasteiger partial charge >= 0.3 is 0 Å². The maximum Gasteiger partial charge on any atom is -0.00234 e. The minimum absolute atomic E-state index is 1.04. The summed E-state index contributed by atoms with van der Waals surface area (Å²) in [4.78, 5) is 0. The average Bonchev–Trinajstić information content (AvgIpc) is 1.68. The first-order chi connectivity index (χ1) is 3.81. The Balaban J connectivity index is 3.44. The van der Waals surface area contributed by atoms with Crippen molar-refractivity contribution in [2.24, 2.45) is 0 Å². The van der Waals surface area contributed by atoms with Gasteiger partial charge in [-0.2, -0.15) is 0 Å². The lowest BCUT2D eigenvalue weighted by Crippen LogP contribution is -1.71. The summed E-state index contributed by atoms with van der Waals surface area (Å²) in [6, 6.07) is 0. The van der Waals surface area contributed by atoms with Crippen molar-refractivity contribution in [3.8, 4) is 11.8 Å². The lowest BCUT2D eigenvalue weighted by molar-refractivity contribution is 0.936. The average molecular weight is 108 g/mol. The summed E-state index contributed by atoms with van der Waals surface area (Å²) in [6.45, 7) is 7.72. The van der Waals surface area contributed by atoms with E-state index in [2.05, 4.69) is 25.3 Å². The SMILES string of the molecule is C=C(C#CC)CCC. The van der Waals surface area contributed by atoms with Crippen molar-refractivity contribution in [2.75, 3.05) is 0 Å². The topological polar surface area (TPSA) is 0 Å². The molecule has 0 rings (SSSR count). The van der Waals surface area contributed by atoms with E-state index in [1.807, 2.05) is 6.92 Å². The van der Waals surface area contributed by atoms with Gasteiger partial charge in [0.05, 0.1) is 0 Å². The zero-order chi connectivity index (χ0) is 6.41. The Morgan fingerprint density at radius 3 is 2.62 bits per heavy atom. The highest BCUT2D eigenvalue weighted by Crippen LogP contribution is 1.97. The molecule has 0 nitrogen and oxygen atoms in total. The van der Waals surface area contributed by atoms with Crippen molar-refractivity contribution in [2.45, 2.75) is 26.7 Å². The van der Waals surface area contributed by atoms with Crippen LogP contribution in [-0.2, 0) is 0 Å². The van der Waals surface area contributed by atoms with Crippen molar-refractivity contribution in [3.63, 3.8) is 0 Å². The van der Waals surface area contributed by atoms with Crippen molar-refractivity contribution < 1.29 is 0 Å². The van der Waals surface area contributed by atoms with Crippen LogP contribution >= 0.6 is 0 Å². The molecular formula is C8H12. The molecule has 0 amide bonds. The van der Waals surface area contributed by atoms with Crippen molar-refractivity contribution in [1.82, 2.24) is 0 Å². The molecular weight excluding hydrogens is 96.1 g/mol. The lowest BCUT2D eigenvalue weighted by Gasteiger charge is -1.87. The third-order valence-electron chi connectivity index (χ3n) is 0.854. The Morgan fingerprint density at radius 1 is 1.62 bits per heavy atom. The first-order valence-electron chi connectivity index (χ1n) is 2.91. The van der Waals surface area contributed by atoms with E-state index in [4.69, 9.17) is 0 Å². The summed E-state index contributed by atoms with van der Waals surface area (Å²) < 4.78 is 0. The van der Waals surface area contributed by atoms with E-state index in [1.54, 1.807) is 0 Å². The van der Waals surface area contributed by atoms with Crippen LogP contribution in [-0.4, -0.2) is 0 Å². The minimum Gasteiger partial charge on any atom is -0.102 e. The fraction of sp³-hybridized carbons (Fsp3) is 0.500. The highest BCUT2D eigenvalue weighted by atomic mass is 13.9. The summed E-state index contributed by atoms with van der Waals surface area (Å²) in [5.41, 5.74) is 1.05. The van der Waals surface area contributed by atoms with Gasteiger partial charge in [-0.3, -0.25) is 0 Å². The first-order valence-corrected chi connectivity index (χ1v) is 2.91. The molecule has 0 bridgehead atoms. The van der Waals surface area contributed by atoms with Gasteiger partial charge in [-0.25, -0.2) is 0 Å². The second-order valence-corrected chi connectivity index (χ2v) is 1.73. The van der Waals surface area contributed by atoms with Crippen LogP contribution < -0.4 is 0 Å². The van der Waals surface area contributed by atoms with Crippen LogP contribution in [0.2, 0.25) is 0 Å². The maximum absolute atomic E-state index is 3.76. The van der Waals surface area contributed by atoms with E-state index in [1.165, 1.54) is 0 Å². The molecule has 0 aromatic rings. The van der Waals surface area contributed by atoms with E-state index >= 15 is 0 Å². The molecule has 0 aliphatic rings. The molecule has 0 spiro atoms. The van der Waals surface area contributed by atoms with Crippen molar-refractivity contribution >= 4 is 0 Å². The fourth-order valence-electron chi connectivity index (χ4n) is 0.541. The molecule has 0 aromatic heterocycles. The Morgan fingerprint density at radius 2 is 2.25 bits per heavy atom. The Labute approximate surface area is 51.6 Å². The molecule has 44 valence electrons. The number of allylic oxidation sites excluding steroid dienone is 1. The summed E-state index contributed by atoms with van der Waals surface area (Å²) in [6.07, 6.45) is 2.19. The normalized spacial score (nSPS) is 7.25. The van der Waals surface area contributed by atoms with Gasteiger partial charge in [-0.05, 0) is 18.9 Å². The second kappa shape index (κ2) is 4.46. The Kier molecular flexibility index (Phi) is 4.07. The first kappa shape index (κ1) is 7.30. The van der Waals surface area contributed by atoms with Crippen LogP contribution in [0.5, 0.6) is 0 Å². The third kappa shape index (κ3) is 3.49. The molecule has 0 fully saturated rings. The highest BCUT2D eigenvalue weighted by molar-refractivity contribution is 5.24. The predicted molar refractivity (Wildman–Crippen MR) is 37.5 cm³/mol. The van der Waals surface area contributed by atoms with Crippen LogP contribution in [0.3, 0.4) is 0 Å². The lowest BCUT2D eigenvalue weighted by atomic mass is 10.2. The number of hydrogen-bond donors (Lipinski definition) is 0. The molecule has 0 aliphatic heterocycles. The fourth-order valence-corrected chi connectivity index (χ4v) is 0.541. The summed E-state index contributed by atoms with van der Waals surface area (Å²) >= 11 is 0. The summed E-state index contributed by atoms with van der Waals surface area (Å²) in [7, 11) is 0. The predicted octanol–water partition coefficient (Wildman–Crippen LogP) is 2.37. The van der Waals surface area contributed by atoms with Gasteiger partial charge < -0.3 is 0 Å². The van der Waals surface area contributed by atoms with Crippen molar-refractivity contribution in [3.05, 3.63) is 12.2 Å². The molecule has 0 N–H and O–H groups in total. The highest BCUT2D eigenvalue weighted by Gasteiger charge is 1.81. The van der Waals surface area contributed by atoms with Gasteiger partial charge in [-0.1, -0.05) is 25.8 Å². The van der Waals surface area contributed by atoms with Crippen LogP contribution in [0.15, 0.2) is 12.2 Å². The molecule has 0 aliphatic carbocycles. The van der Waals surface area contributed by atoms with E-state index < -0.39 is 0 Å². The summed E-state index contributed by atoms with van der Waals surface area (Å²) in [5, 5.41) is 0. The molecule has 0 saturated heterocycles. The van der Waals surface area contributed by atoms with Gasteiger partial charge in [0.2, 0.25) is 0 Å². The number of hydrogen-bond acceptors (Lipinski definition) is 0. The zero-order valence-corrected chi connectivity index (χ0v) is 5.62. The minimum atomic E-state index is 1.04. The zero-order valence-electron chi connectivity index (χ0n) is 5.62.